The molecule has 0 radical (unpaired) electrons. The lowest BCUT2D eigenvalue weighted by molar-refractivity contribution is -0.145. The first kappa shape index (κ1) is 11.4. The smallest absolute Gasteiger partial charge is 0.251 e. The summed E-state index contributed by atoms with van der Waals surface area (Å²) >= 11 is 0. The van der Waals surface area contributed by atoms with E-state index in [4.69, 9.17) is 11.0 Å². The van der Waals surface area contributed by atoms with Gasteiger partial charge in [-0.25, -0.2) is 10.3 Å². The number of alkyl halides is 1. The van der Waals surface area contributed by atoms with E-state index in [9.17, 15) is 9.18 Å². The number of carbonyl (C=O) groups is 1. The Morgan fingerprint density at radius 1 is 1.79 bits per heavy atom. The van der Waals surface area contributed by atoms with Gasteiger partial charge in [-0.3, -0.25) is 9.63 Å². The molecule has 0 saturated carbocycles. The second kappa shape index (κ2) is 4.68. The molecule has 1 heterocycles. The topological polar surface area (TPSA) is 75.8 Å². The Hall–Kier alpha value is -0.720. The van der Waals surface area contributed by atoms with E-state index in [1.807, 2.05) is 0 Å². The van der Waals surface area contributed by atoms with E-state index in [1.54, 1.807) is 0 Å². The van der Waals surface area contributed by atoms with Crippen LogP contribution in [-0.4, -0.2) is 47.4 Å². The van der Waals surface area contributed by atoms with Crippen LogP contribution in [0.2, 0.25) is 0 Å². The monoisotopic (exact) mass is 206 g/mol. The fraction of sp³-hybridized carbons (Fsp3) is 0.875. The molecule has 6 heteroatoms. The normalized spacial score (nSPS) is 30.1. The molecule has 1 amide bonds. The summed E-state index contributed by atoms with van der Waals surface area (Å²) < 4.78 is 13.2. The summed E-state index contributed by atoms with van der Waals surface area (Å²) in [5.74, 6) is 4.43. The highest BCUT2D eigenvalue weighted by molar-refractivity contribution is 5.80. The third kappa shape index (κ3) is 2.40. The fourth-order valence-electron chi connectivity index (χ4n) is 1.50. The molecule has 1 saturated heterocycles. The minimum atomic E-state index is -1.28. The molecule has 0 aromatic rings. The molecule has 3 unspecified atom stereocenters. The maximum atomic E-state index is 13.2. The van der Waals surface area contributed by atoms with Crippen molar-refractivity contribution in [3.8, 4) is 0 Å². The fourth-order valence-corrected chi connectivity index (χ4v) is 1.50. The van der Waals surface area contributed by atoms with Crippen LogP contribution in [0, 0.1) is 0 Å². The van der Waals surface area contributed by atoms with E-state index < -0.39 is 24.3 Å². The highest BCUT2D eigenvalue weighted by atomic mass is 19.1. The summed E-state index contributed by atoms with van der Waals surface area (Å²) in [6, 6.07) is 0. The van der Waals surface area contributed by atoms with Crippen LogP contribution in [-0.2, 0) is 9.63 Å². The van der Waals surface area contributed by atoms with Crippen LogP contribution in [0.1, 0.15) is 13.3 Å². The number of amides is 1. The number of aliphatic hydroxyl groups excluding tert-OH is 1. The minimum absolute atomic E-state index is 0.0639. The van der Waals surface area contributed by atoms with E-state index >= 15 is 0 Å². The largest absolute Gasteiger partial charge is 0.384 e. The Bertz CT molecular complexity index is 213. The number of aliphatic hydroxyl groups is 1. The van der Waals surface area contributed by atoms with Crippen molar-refractivity contribution in [2.45, 2.75) is 31.7 Å². The van der Waals surface area contributed by atoms with Crippen LogP contribution in [0.5, 0.6) is 0 Å². The molecule has 0 aliphatic carbocycles. The van der Waals surface area contributed by atoms with Gasteiger partial charge in [0.2, 0.25) is 0 Å². The van der Waals surface area contributed by atoms with Crippen molar-refractivity contribution in [2.24, 2.45) is 5.90 Å². The van der Waals surface area contributed by atoms with E-state index in [2.05, 4.69) is 4.84 Å². The van der Waals surface area contributed by atoms with Crippen molar-refractivity contribution in [1.82, 2.24) is 4.90 Å². The van der Waals surface area contributed by atoms with Crippen LogP contribution in [0.3, 0.4) is 0 Å². The molecule has 0 spiro atoms. The van der Waals surface area contributed by atoms with Crippen molar-refractivity contribution < 1.29 is 19.1 Å². The number of likely N-dealkylation sites (tertiary alicyclic amines) is 1. The highest BCUT2D eigenvalue weighted by Gasteiger charge is 2.32. The molecule has 3 N–H and O–H groups in total. The number of piperidine rings is 1. The summed E-state index contributed by atoms with van der Waals surface area (Å²) in [6.45, 7) is 1.67. The summed E-state index contributed by atoms with van der Waals surface area (Å²) in [5, 5.41) is 9.01. The predicted octanol–water partition coefficient (Wildman–Crippen LogP) is -0.803. The molecule has 1 fully saturated rings. The number of halogens is 1. The number of rotatable bonds is 2. The van der Waals surface area contributed by atoms with Crippen LogP contribution >= 0.6 is 0 Å². The second-order valence-corrected chi connectivity index (χ2v) is 3.44. The average Bonchev–Trinajstić information content (AvgIpc) is 2.16. The van der Waals surface area contributed by atoms with Crippen molar-refractivity contribution in [1.29, 1.82) is 0 Å². The molecular weight excluding hydrogens is 191 g/mol. The lowest BCUT2D eigenvalue weighted by Gasteiger charge is -2.33. The molecular formula is C8H15FN2O3. The first-order valence-electron chi connectivity index (χ1n) is 4.52. The van der Waals surface area contributed by atoms with Gasteiger partial charge < -0.3 is 10.0 Å². The standard InChI is InChI=1S/C8H15FN2O3/c1-5(12)8(13)11-3-2-7(14-10)6(9)4-11/h5-7,12H,2-4,10H2,1H3. The van der Waals surface area contributed by atoms with E-state index in [1.165, 1.54) is 11.8 Å². The van der Waals surface area contributed by atoms with Crippen LogP contribution < -0.4 is 5.90 Å². The zero-order chi connectivity index (χ0) is 10.7. The summed E-state index contributed by atoms with van der Waals surface area (Å²) in [7, 11) is 0. The zero-order valence-corrected chi connectivity index (χ0v) is 8.02. The van der Waals surface area contributed by atoms with E-state index in [-0.39, 0.29) is 6.54 Å². The summed E-state index contributed by atoms with van der Waals surface area (Å²) in [6.07, 6.45) is -2.65. The molecule has 0 aromatic heterocycles. The van der Waals surface area contributed by atoms with E-state index in [0.717, 1.165) is 0 Å². The molecule has 82 valence electrons. The molecule has 1 aliphatic heterocycles. The molecule has 14 heavy (non-hydrogen) atoms. The number of carbonyl (C=O) groups excluding carboxylic acids is 1. The Kier molecular flexibility index (Phi) is 3.79. The summed E-state index contributed by atoms with van der Waals surface area (Å²) in [4.78, 5) is 17.0. The van der Waals surface area contributed by atoms with Crippen molar-refractivity contribution in [3.63, 3.8) is 0 Å². The molecule has 0 aromatic carbocycles. The van der Waals surface area contributed by atoms with Gasteiger partial charge in [0.1, 0.15) is 18.4 Å². The van der Waals surface area contributed by atoms with Gasteiger partial charge in [0.25, 0.3) is 5.91 Å². The maximum Gasteiger partial charge on any atom is 0.251 e. The van der Waals surface area contributed by atoms with Crippen LogP contribution in [0.25, 0.3) is 0 Å². The van der Waals surface area contributed by atoms with Gasteiger partial charge in [0.15, 0.2) is 0 Å². The number of nitrogens with two attached hydrogens (primary N) is 1. The van der Waals surface area contributed by atoms with Gasteiger partial charge in [-0.15, -0.1) is 0 Å². The number of hydrogen-bond acceptors (Lipinski definition) is 4. The third-order valence-electron chi connectivity index (χ3n) is 2.33. The van der Waals surface area contributed by atoms with Crippen molar-refractivity contribution in [3.05, 3.63) is 0 Å². The summed E-state index contributed by atoms with van der Waals surface area (Å²) in [5.41, 5.74) is 0. The van der Waals surface area contributed by atoms with Gasteiger partial charge in [0, 0.05) is 6.54 Å². The van der Waals surface area contributed by atoms with Gasteiger partial charge >= 0.3 is 0 Å². The zero-order valence-electron chi connectivity index (χ0n) is 8.02. The first-order chi connectivity index (χ1) is 6.56. The molecule has 0 bridgehead atoms. The average molecular weight is 206 g/mol. The maximum absolute atomic E-state index is 13.2. The SMILES string of the molecule is CC(O)C(=O)N1CCC(ON)C(F)C1. The Morgan fingerprint density at radius 2 is 2.43 bits per heavy atom. The molecule has 1 rings (SSSR count). The van der Waals surface area contributed by atoms with E-state index in [0.29, 0.717) is 13.0 Å². The van der Waals surface area contributed by atoms with Crippen LogP contribution in [0.4, 0.5) is 4.39 Å². The number of nitrogens with zero attached hydrogens (tertiary/aromatic N) is 1. The predicted molar refractivity (Wildman–Crippen MR) is 46.8 cm³/mol. The molecule has 1 aliphatic rings. The Morgan fingerprint density at radius 3 is 2.86 bits per heavy atom. The Balaban J connectivity index is 2.50. The number of hydrogen-bond donors (Lipinski definition) is 2. The van der Waals surface area contributed by atoms with Crippen molar-refractivity contribution >= 4 is 5.91 Å². The minimum Gasteiger partial charge on any atom is -0.384 e. The second-order valence-electron chi connectivity index (χ2n) is 3.44. The lowest BCUT2D eigenvalue weighted by atomic mass is 10.1. The lowest BCUT2D eigenvalue weighted by Crippen LogP contribution is -2.51. The van der Waals surface area contributed by atoms with Crippen LogP contribution in [0.15, 0.2) is 0 Å². The quantitative estimate of drug-likeness (QED) is 0.580. The van der Waals surface area contributed by atoms with Crippen molar-refractivity contribution in [2.75, 3.05) is 13.1 Å². The Labute approximate surface area is 81.6 Å². The van der Waals surface area contributed by atoms with Gasteiger partial charge in [0.05, 0.1) is 6.54 Å². The van der Waals surface area contributed by atoms with Gasteiger partial charge in [-0.05, 0) is 13.3 Å². The molecule has 5 nitrogen and oxygen atoms in total. The molecule has 3 atom stereocenters. The van der Waals surface area contributed by atoms with Gasteiger partial charge in [-0.2, -0.15) is 0 Å². The first-order valence-corrected chi connectivity index (χ1v) is 4.52. The third-order valence-corrected chi connectivity index (χ3v) is 2.33. The van der Waals surface area contributed by atoms with Gasteiger partial charge in [-0.1, -0.05) is 0 Å². The highest BCUT2D eigenvalue weighted by Crippen LogP contribution is 2.16.